The Labute approximate surface area is 153 Å². The molecule has 0 radical (unpaired) electrons. The number of aryl methyl sites for hydroxylation is 1. The predicted molar refractivity (Wildman–Crippen MR) is 95.2 cm³/mol. The molecule has 4 unspecified atom stereocenters. The molecule has 1 aromatic rings. The molecule has 1 N–H and O–H groups in total. The predicted octanol–water partition coefficient (Wildman–Crippen LogP) is 1.04. The summed E-state index contributed by atoms with van der Waals surface area (Å²) in [5, 5.41) is 2.86. The van der Waals surface area contributed by atoms with Gasteiger partial charge in [0.25, 0.3) is 0 Å². The Morgan fingerprint density at radius 2 is 2.15 bits per heavy atom. The van der Waals surface area contributed by atoms with Crippen molar-refractivity contribution in [3.8, 4) is 0 Å². The molecular formula is C20H24N2O4. The number of ether oxygens (including phenoxy) is 2. The number of methoxy groups -OCH3 is 1. The highest BCUT2D eigenvalue weighted by atomic mass is 16.5. The van der Waals surface area contributed by atoms with E-state index in [4.69, 9.17) is 9.47 Å². The van der Waals surface area contributed by atoms with Crippen molar-refractivity contribution in [1.29, 1.82) is 0 Å². The number of amides is 2. The molecule has 26 heavy (non-hydrogen) atoms. The van der Waals surface area contributed by atoms with Crippen LogP contribution in [0.4, 0.5) is 0 Å². The maximum atomic E-state index is 13.1. The number of likely N-dealkylation sites (tertiary alicyclic amines) is 1. The van der Waals surface area contributed by atoms with E-state index in [1.165, 1.54) is 5.56 Å². The lowest BCUT2D eigenvalue weighted by atomic mass is 9.77. The van der Waals surface area contributed by atoms with Gasteiger partial charge in [0.2, 0.25) is 11.8 Å². The van der Waals surface area contributed by atoms with Crippen LogP contribution in [0.5, 0.6) is 0 Å². The molecule has 6 heteroatoms. The smallest absolute Gasteiger partial charge is 0.230 e. The molecule has 2 saturated heterocycles. The number of fused-ring (bicyclic) bond motifs is 1. The second kappa shape index (κ2) is 6.52. The number of hydrogen-bond acceptors (Lipinski definition) is 4. The quantitative estimate of drug-likeness (QED) is 0.611. The van der Waals surface area contributed by atoms with Crippen molar-refractivity contribution in [1.82, 2.24) is 10.2 Å². The summed E-state index contributed by atoms with van der Waals surface area (Å²) in [6.45, 7) is 3.96. The van der Waals surface area contributed by atoms with E-state index in [0.717, 1.165) is 5.56 Å². The van der Waals surface area contributed by atoms with E-state index in [0.29, 0.717) is 26.2 Å². The van der Waals surface area contributed by atoms with Gasteiger partial charge in [-0.25, -0.2) is 0 Å². The van der Waals surface area contributed by atoms with Crippen molar-refractivity contribution in [2.75, 3.05) is 26.8 Å². The van der Waals surface area contributed by atoms with Crippen LogP contribution in [0.25, 0.3) is 0 Å². The van der Waals surface area contributed by atoms with Crippen molar-refractivity contribution < 1.29 is 19.1 Å². The van der Waals surface area contributed by atoms with Gasteiger partial charge in [0.05, 0.1) is 31.1 Å². The average Bonchev–Trinajstić information content (AvgIpc) is 3.26. The Hall–Kier alpha value is -2.18. The molecule has 0 saturated carbocycles. The molecule has 3 aliphatic heterocycles. The van der Waals surface area contributed by atoms with Crippen LogP contribution in [0.3, 0.4) is 0 Å². The summed E-state index contributed by atoms with van der Waals surface area (Å²) in [6.07, 6.45) is 3.60. The number of rotatable bonds is 6. The third-order valence-corrected chi connectivity index (χ3v) is 5.58. The van der Waals surface area contributed by atoms with Crippen LogP contribution in [-0.2, 0) is 25.6 Å². The highest BCUT2D eigenvalue weighted by molar-refractivity contribution is 5.93. The molecule has 6 nitrogen and oxygen atoms in total. The minimum atomic E-state index is -0.657. The molecule has 1 aromatic carbocycles. The first kappa shape index (κ1) is 17.2. The molecule has 138 valence electrons. The van der Waals surface area contributed by atoms with Crippen molar-refractivity contribution in [3.63, 3.8) is 0 Å². The van der Waals surface area contributed by atoms with Crippen LogP contribution in [-0.4, -0.2) is 55.2 Å². The van der Waals surface area contributed by atoms with Gasteiger partial charge < -0.3 is 19.7 Å². The zero-order valence-electron chi connectivity index (χ0n) is 15.1. The maximum absolute atomic E-state index is 13.1. The van der Waals surface area contributed by atoms with E-state index in [-0.39, 0.29) is 17.9 Å². The molecule has 2 fully saturated rings. The monoisotopic (exact) mass is 356 g/mol. The third kappa shape index (κ3) is 2.73. The zero-order valence-corrected chi connectivity index (χ0v) is 15.1. The van der Waals surface area contributed by atoms with Gasteiger partial charge in [-0.3, -0.25) is 9.59 Å². The van der Waals surface area contributed by atoms with E-state index >= 15 is 0 Å². The van der Waals surface area contributed by atoms with Gasteiger partial charge in [-0.2, -0.15) is 0 Å². The Bertz CT molecular complexity index is 745. The summed E-state index contributed by atoms with van der Waals surface area (Å²) in [5.74, 6) is -1.03. The van der Waals surface area contributed by atoms with Crippen LogP contribution in [0.2, 0.25) is 0 Å². The largest absolute Gasteiger partial charge is 0.383 e. The number of nitrogens with one attached hydrogen (secondary N) is 1. The van der Waals surface area contributed by atoms with E-state index in [2.05, 4.69) is 5.32 Å². The standard InChI is InChI=1S/C20H24N2O4/c1-13-3-5-14(6-4-13)11-22-12-20-8-7-15(26-20)16(17(20)19(22)24)18(23)21-9-10-25-2/h3-8,15-17H,9-12H2,1-2H3,(H,21,23). The fourth-order valence-electron chi connectivity index (χ4n) is 4.32. The second-order valence-electron chi connectivity index (χ2n) is 7.36. The zero-order chi connectivity index (χ0) is 18.3. The summed E-state index contributed by atoms with van der Waals surface area (Å²) < 4.78 is 11.1. The van der Waals surface area contributed by atoms with Crippen molar-refractivity contribution in [2.45, 2.75) is 25.2 Å². The first-order valence-electron chi connectivity index (χ1n) is 9.02. The minimum Gasteiger partial charge on any atom is -0.383 e. The van der Waals surface area contributed by atoms with Gasteiger partial charge in [0, 0.05) is 20.2 Å². The van der Waals surface area contributed by atoms with Crippen LogP contribution in [0.15, 0.2) is 36.4 Å². The van der Waals surface area contributed by atoms with Gasteiger partial charge in [0.15, 0.2) is 0 Å². The molecule has 0 aliphatic carbocycles. The number of nitrogens with zero attached hydrogens (tertiary/aromatic N) is 1. The van der Waals surface area contributed by atoms with E-state index in [1.54, 1.807) is 7.11 Å². The lowest BCUT2D eigenvalue weighted by Crippen LogP contribution is -2.44. The Balaban J connectivity index is 1.51. The van der Waals surface area contributed by atoms with E-state index < -0.39 is 17.4 Å². The fourth-order valence-corrected chi connectivity index (χ4v) is 4.32. The van der Waals surface area contributed by atoms with Gasteiger partial charge >= 0.3 is 0 Å². The first-order chi connectivity index (χ1) is 12.5. The summed E-state index contributed by atoms with van der Waals surface area (Å²) in [7, 11) is 1.59. The minimum absolute atomic E-state index is 0.00400. The number of carbonyl (C=O) groups is 2. The van der Waals surface area contributed by atoms with Crippen molar-refractivity contribution in [3.05, 3.63) is 47.5 Å². The highest BCUT2D eigenvalue weighted by Crippen LogP contribution is 2.52. The fraction of sp³-hybridized carbons (Fsp3) is 0.500. The molecule has 4 atom stereocenters. The molecule has 0 aromatic heterocycles. The van der Waals surface area contributed by atoms with E-state index in [9.17, 15) is 9.59 Å². The Morgan fingerprint density at radius 3 is 2.88 bits per heavy atom. The Morgan fingerprint density at radius 1 is 1.38 bits per heavy atom. The van der Waals surface area contributed by atoms with Gasteiger partial charge in [-0.1, -0.05) is 42.0 Å². The average molecular weight is 356 g/mol. The van der Waals surface area contributed by atoms with E-state index in [1.807, 2.05) is 48.2 Å². The molecule has 4 rings (SSSR count). The molecular weight excluding hydrogens is 332 g/mol. The van der Waals surface area contributed by atoms with Crippen LogP contribution < -0.4 is 5.32 Å². The maximum Gasteiger partial charge on any atom is 0.230 e. The number of carbonyl (C=O) groups excluding carboxylic acids is 2. The summed E-state index contributed by atoms with van der Waals surface area (Å²) in [5.41, 5.74) is 1.62. The van der Waals surface area contributed by atoms with Gasteiger partial charge in [0.1, 0.15) is 5.60 Å². The number of benzene rings is 1. The normalized spacial score (nSPS) is 31.5. The second-order valence-corrected chi connectivity index (χ2v) is 7.36. The lowest BCUT2D eigenvalue weighted by molar-refractivity contribution is -0.137. The topological polar surface area (TPSA) is 67.9 Å². The molecule has 2 amide bonds. The number of hydrogen-bond donors (Lipinski definition) is 1. The molecule has 2 bridgehead atoms. The van der Waals surface area contributed by atoms with Crippen molar-refractivity contribution >= 4 is 11.8 Å². The van der Waals surface area contributed by atoms with Crippen LogP contribution in [0.1, 0.15) is 11.1 Å². The Kier molecular flexibility index (Phi) is 4.32. The summed E-state index contributed by atoms with van der Waals surface area (Å²) in [6, 6.07) is 8.17. The summed E-state index contributed by atoms with van der Waals surface area (Å²) in [4.78, 5) is 27.6. The molecule has 3 aliphatic rings. The summed E-state index contributed by atoms with van der Waals surface area (Å²) >= 11 is 0. The van der Waals surface area contributed by atoms with Crippen LogP contribution in [0, 0.1) is 18.8 Å². The first-order valence-corrected chi connectivity index (χ1v) is 9.02. The molecule has 3 heterocycles. The lowest BCUT2D eigenvalue weighted by Gasteiger charge is -2.23. The third-order valence-electron chi connectivity index (χ3n) is 5.58. The molecule has 1 spiro atoms. The van der Waals surface area contributed by atoms with Gasteiger partial charge in [-0.15, -0.1) is 0 Å². The van der Waals surface area contributed by atoms with Crippen LogP contribution >= 0.6 is 0 Å². The SMILES string of the molecule is COCCNC(=O)C1C2C=CC3(CN(Cc4ccc(C)cc4)C(=O)C13)O2. The van der Waals surface area contributed by atoms with Crippen molar-refractivity contribution in [2.24, 2.45) is 11.8 Å². The van der Waals surface area contributed by atoms with Gasteiger partial charge in [-0.05, 0) is 12.5 Å². The highest BCUT2D eigenvalue weighted by Gasteiger charge is 2.66.